The predicted octanol–water partition coefficient (Wildman–Crippen LogP) is 3.72. The van der Waals surface area contributed by atoms with E-state index >= 15 is 0 Å². The number of rotatable bonds is 3. The number of halogens is 1. The topological polar surface area (TPSA) is 24.9 Å². The molecule has 1 N–H and O–H groups in total. The SMILES string of the molecule is Cc1ccsc1CNc1ccc(Cl)nc1. The molecule has 0 saturated heterocycles. The number of aryl methyl sites for hydroxylation is 1. The molecule has 4 heteroatoms. The van der Waals surface area contributed by atoms with Crippen LogP contribution in [0.15, 0.2) is 29.8 Å². The Morgan fingerprint density at radius 3 is 2.87 bits per heavy atom. The van der Waals surface area contributed by atoms with Gasteiger partial charge in [0.15, 0.2) is 0 Å². The van der Waals surface area contributed by atoms with Gasteiger partial charge in [-0.2, -0.15) is 0 Å². The first-order valence-electron chi connectivity index (χ1n) is 4.64. The average molecular weight is 239 g/mol. The summed E-state index contributed by atoms with van der Waals surface area (Å²) in [6.45, 7) is 2.96. The summed E-state index contributed by atoms with van der Waals surface area (Å²) in [5, 5.41) is 5.93. The normalized spacial score (nSPS) is 10.3. The summed E-state index contributed by atoms with van der Waals surface area (Å²) in [6, 6.07) is 5.84. The number of nitrogens with one attached hydrogen (secondary N) is 1. The first kappa shape index (κ1) is 10.5. The minimum absolute atomic E-state index is 0.521. The Kier molecular flexibility index (Phi) is 3.23. The fraction of sp³-hybridized carbons (Fsp3) is 0.182. The molecule has 0 atom stereocenters. The van der Waals surface area contributed by atoms with E-state index in [0.29, 0.717) is 5.15 Å². The molecule has 0 aliphatic carbocycles. The number of thiophene rings is 1. The van der Waals surface area contributed by atoms with Gasteiger partial charge in [0.1, 0.15) is 5.15 Å². The van der Waals surface area contributed by atoms with E-state index in [9.17, 15) is 0 Å². The third-order valence-corrected chi connectivity index (χ3v) is 3.40. The molecule has 0 aliphatic heterocycles. The largest absolute Gasteiger partial charge is 0.379 e. The molecule has 2 rings (SSSR count). The van der Waals surface area contributed by atoms with Crippen LogP contribution in [0.25, 0.3) is 0 Å². The Morgan fingerprint density at radius 1 is 1.40 bits per heavy atom. The number of hydrogen-bond donors (Lipinski definition) is 1. The van der Waals surface area contributed by atoms with Crippen molar-refractivity contribution in [3.8, 4) is 0 Å². The second-order valence-corrected chi connectivity index (χ2v) is 4.64. The summed E-state index contributed by atoms with van der Waals surface area (Å²) in [5.74, 6) is 0. The molecule has 2 nitrogen and oxygen atoms in total. The number of aromatic nitrogens is 1. The first-order valence-corrected chi connectivity index (χ1v) is 5.90. The van der Waals surface area contributed by atoms with E-state index in [4.69, 9.17) is 11.6 Å². The molecule has 0 saturated carbocycles. The second-order valence-electron chi connectivity index (χ2n) is 3.25. The predicted molar refractivity (Wildman–Crippen MR) is 65.6 cm³/mol. The van der Waals surface area contributed by atoms with Crippen molar-refractivity contribution in [3.05, 3.63) is 45.4 Å². The van der Waals surface area contributed by atoms with Crippen molar-refractivity contribution in [2.75, 3.05) is 5.32 Å². The number of pyridine rings is 1. The van der Waals surface area contributed by atoms with Gasteiger partial charge < -0.3 is 5.32 Å². The van der Waals surface area contributed by atoms with Crippen molar-refractivity contribution in [1.82, 2.24) is 4.98 Å². The average Bonchev–Trinajstić information content (AvgIpc) is 2.63. The summed E-state index contributed by atoms with van der Waals surface area (Å²) in [6.07, 6.45) is 1.74. The number of hydrogen-bond acceptors (Lipinski definition) is 3. The zero-order valence-corrected chi connectivity index (χ0v) is 9.90. The van der Waals surface area contributed by atoms with Crippen LogP contribution in [0.4, 0.5) is 5.69 Å². The number of anilines is 1. The lowest BCUT2D eigenvalue weighted by atomic mass is 10.3. The fourth-order valence-electron chi connectivity index (χ4n) is 1.25. The van der Waals surface area contributed by atoms with E-state index in [0.717, 1.165) is 12.2 Å². The van der Waals surface area contributed by atoms with E-state index in [2.05, 4.69) is 28.7 Å². The van der Waals surface area contributed by atoms with Gasteiger partial charge in [0.25, 0.3) is 0 Å². The second kappa shape index (κ2) is 4.64. The Bertz CT molecular complexity index is 436. The van der Waals surface area contributed by atoms with Gasteiger partial charge in [0.2, 0.25) is 0 Å². The standard InChI is InChI=1S/C11H11ClN2S/c1-8-4-5-15-10(8)7-13-9-2-3-11(12)14-6-9/h2-6,13H,7H2,1H3. The number of nitrogens with zero attached hydrogens (tertiary/aromatic N) is 1. The molecular formula is C11H11ClN2S. The highest BCUT2D eigenvalue weighted by Crippen LogP contribution is 2.17. The van der Waals surface area contributed by atoms with Crippen LogP contribution in [0, 0.1) is 6.92 Å². The van der Waals surface area contributed by atoms with Crippen LogP contribution in [0.2, 0.25) is 5.15 Å². The molecule has 0 aromatic carbocycles. The minimum atomic E-state index is 0.521. The maximum Gasteiger partial charge on any atom is 0.129 e. The van der Waals surface area contributed by atoms with Gasteiger partial charge in [0, 0.05) is 11.4 Å². The van der Waals surface area contributed by atoms with Gasteiger partial charge in [-0.15, -0.1) is 11.3 Å². The Labute approximate surface area is 97.9 Å². The van der Waals surface area contributed by atoms with Crippen molar-refractivity contribution in [2.45, 2.75) is 13.5 Å². The van der Waals surface area contributed by atoms with Crippen molar-refractivity contribution in [3.63, 3.8) is 0 Å². The molecule has 0 fully saturated rings. The minimum Gasteiger partial charge on any atom is -0.379 e. The Balaban J connectivity index is 1.99. The molecule has 0 aliphatic rings. The van der Waals surface area contributed by atoms with Crippen LogP contribution in [-0.4, -0.2) is 4.98 Å². The molecule has 0 bridgehead atoms. The van der Waals surface area contributed by atoms with Crippen molar-refractivity contribution in [1.29, 1.82) is 0 Å². The van der Waals surface area contributed by atoms with E-state index < -0.39 is 0 Å². The molecular weight excluding hydrogens is 228 g/mol. The van der Waals surface area contributed by atoms with Crippen LogP contribution in [0.1, 0.15) is 10.4 Å². The van der Waals surface area contributed by atoms with Gasteiger partial charge in [-0.25, -0.2) is 4.98 Å². The molecule has 0 radical (unpaired) electrons. The summed E-state index contributed by atoms with van der Waals surface area (Å²) in [7, 11) is 0. The molecule has 2 heterocycles. The van der Waals surface area contributed by atoms with Crippen molar-refractivity contribution < 1.29 is 0 Å². The van der Waals surface area contributed by atoms with Crippen LogP contribution in [-0.2, 0) is 6.54 Å². The first-order chi connectivity index (χ1) is 7.25. The van der Waals surface area contributed by atoms with Gasteiger partial charge in [-0.3, -0.25) is 0 Å². The van der Waals surface area contributed by atoms with Gasteiger partial charge >= 0.3 is 0 Å². The maximum absolute atomic E-state index is 5.70. The van der Waals surface area contributed by atoms with E-state index in [1.807, 2.05) is 6.07 Å². The lowest BCUT2D eigenvalue weighted by Gasteiger charge is -2.04. The zero-order chi connectivity index (χ0) is 10.7. The molecule has 15 heavy (non-hydrogen) atoms. The van der Waals surface area contributed by atoms with Gasteiger partial charge in [-0.05, 0) is 36.1 Å². The quantitative estimate of drug-likeness (QED) is 0.825. The molecule has 2 aromatic rings. The van der Waals surface area contributed by atoms with Crippen LogP contribution in [0.3, 0.4) is 0 Å². The van der Waals surface area contributed by atoms with Gasteiger partial charge in [0.05, 0.1) is 11.9 Å². The van der Waals surface area contributed by atoms with Crippen molar-refractivity contribution >= 4 is 28.6 Å². The lowest BCUT2D eigenvalue weighted by Crippen LogP contribution is -1.98. The van der Waals surface area contributed by atoms with Gasteiger partial charge in [-0.1, -0.05) is 11.6 Å². The summed E-state index contributed by atoms with van der Waals surface area (Å²) in [4.78, 5) is 5.36. The smallest absolute Gasteiger partial charge is 0.129 e. The third kappa shape index (κ3) is 2.70. The van der Waals surface area contributed by atoms with Crippen LogP contribution >= 0.6 is 22.9 Å². The van der Waals surface area contributed by atoms with Crippen molar-refractivity contribution in [2.24, 2.45) is 0 Å². The third-order valence-electron chi connectivity index (χ3n) is 2.15. The highest BCUT2D eigenvalue weighted by molar-refractivity contribution is 7.10. The van der Waals surface area contributed by atoms with E-state index in [1.165, 1.54) is 10.4 Å². The summed E-state index contributed by atoms with van der Waals surface area (Å²) >= 11 is 7.46. The summed E-state index contributed by atoms with van der Waals surface area (Å²) in [5.41, 5.74) is 2.32. The zero-order valence-electron chi connectivity index (χ0n) is 8.33. The highest BCUT2D eigenvalue weighted by Gasteiger charge is 1.99. The highest BCUT2D eigenvalue weighted by atomic mass is 35.5. The maximum atomic E-state index is 5.70. The molecule has 0 amide bonds. The fourth-order valence-corrected chi connectivity index (χ4v) is 2.21. The van der Waals surface area contributed by atoms with Crippen LogP contribution in [0.5, 0.6) is 0 Å². The van der Waals surface area contributed by atoms with E-state index in [-0.39, 0.29) is 0 Å². The van der Waals surface area contributed by atoms with E-state index in [1.54, 1.807) is 23.6 Å². The lowest BCUT2D eigenvalue weighted by molar-refractivity contribution is 1.15. The Hall–Kier alpha value is -1.06. The summed E-state index contributed by atoms with van der Waals surface area (Å²) < 4.78 is 0. The van der Waals surface area contributed by atoms with Crippen LogP contribution < -0.4 is 5.32 Å². The molecule has 2 aromatic heterocycles. The molecule has 0 unspecified atom stereocenters. The molecule has 78 valence electrons. The Morgan fingerprint density at radius 2 is 2.27 bits per heavy atom. The monoisotopic (exact) mass is 238 g/mol. The molecule has 0 spiro atoms.